The van der Waals surface area contributed by atoms with E-state index in [-0.39, 0.29) is 5.69 Å². The molecule has 1 N–H and O–H groups in total. The van der Waals surface area contributed by atoms with Crippen LogP contribution in [0.4, 0.5) is 11.4 Å². The Hall–Kier alpha value is -1.73. The van der Waals surface area contributed by atoms with Gasteiger partial charge in [0, 0.05) is 32.6 Å². The number of aromatic nitrogens is 1. The van der Waals surface area contributed by atoms with E-state index < -0.39 is 4.92 Å². The number of nitro groups is 1. The van der Waals surface area contributed by atoms with E-state index in [9.17, 15) is 10.1 Å². The van der Waals surface area contributed by atoms with Crippen LogP contribution < -0.4 is 5.32 Å². The highest BCUT2D eigenvalue weighted by molar-refractivity contribution is 5.59. The standard InChI is InChI=1S/C13H19N3O4/c17-16(18)13-10-14-6-2-12(13)15-5-1-7-20-11-3-8-19-9-4-11/h2,6,10-11H,1,3-5,7-9H2,(H,14,15). The zero-order valence-electron chi connectivity index (χ0n) is 11.3. The zero-order valence-corrected chi connectivity index (χ0v) is 11.3. The molecule has 0 unspecified atom stereocenters. The molecule has 0 bridgehead atoms. The van der Waals surface area contributed by atoms with E-state index in [0.717, 1.165) is 32.5 Å². The maximum atomic E-state index is 10.8. The lowest BCUT2D eigenvalue weighted by atomic mass is 10.1. The second kappa shape index (κ2) is 7.76. The van der Waals surface area contributed by atoms with Gasteiger partial charge >= 0.3 is 5.69 Å². The summed E-state index contributed by atoms with van der Waals surface area (Å²) in [6.45, 7) is 2.82. The Labute approximate surface area is 117 Å². The third kappa shape index (κ3) is 4.43. The Morgan fingerprint density at radius 1 is 1.50 bits per heavy atom. The normalized spacial score (nSPS) is 16.0. The molecule has 1 saturated heterocycles. The summed E-state index contributed by atoms with van der Waals surface area (Å²) in [5, 5.41) is 13.9. The van der Waals surface area contributed by atoms with Crippen LogP contribution in [0.1, 0.15) is 19.3 Å². The van der Waals surface area contributed by atoms with Crippen molar-refractivity contribution in [3.63, 3.8) is 0 Å². The summed E-state index contributed by atoms with van der Waals surface area (Å²) in [5.41, 5.74) is 0.494. The number of anilines is 1. The largest absolute Gasteiger partial charge is 0.381 e. The highest BCUT2D eigenvalue weighted by Gasteiger charge is 2.14. The minimum atomic E-state index is -0.437. The molecule has 110 valence electrons. The topological polar surface area (TPSA) is 86.5 Å². The first kappa shape index (κ1) is 14.7. The van der Waals surface area contributed by atoms with Crippen LogP contribution in [0, 0.1) is 10.1 Å². The van der Waals surface area contributed by atoms with E-state index in [1.165, 1.54) is 12.4 Å². The number of hydrogen-bond donors (Lipinski definition) is 1. The van der Waals surface area contributed by atoms with E-state index in [2.05, 4.69) is 10.3 Å². The third-order valence-corrected chi connectivity index (χ3v) is 3.16. The van der Waals surface area contributed by atoms with Gasteiger partial charge in [-0.05, 0) is 25.3 Å². The second-order valence-electron chi connectivity index (χ2n) is 4.61. The van der Waals surface area contributed by atoms with Gasteiger partial charge in [-0.2, -0.15) is 0 Å². The molecule has 0 spiro atoms. The van der Waals surface area contributed by atoms with E-state index >= 15 is 0 Å². The Morgan fingerprint density at radius 2 is 2.30 bits per heavy atom. The number of nitrogens with zero attached hydrogens (tertiary/aromatic N) is 2. The number of hydrogen-bond acceptors (Lipinski definition) is 6. The van der Waals surface area contributed by atoms with Gasteiger partial charge in [-0.1, -0.05) is 0 Å². The average molecular weight is 281 g/mol. The minimum Gasteiger partial charge on any atom is -0.381 e. The molecule has 1 aromatic heterocycles. The van der Waals surface area contributed by atoms with E-state index in [4.69, 9.17) is 9.47 Å². The van der Waals surface area contributed by atoms with Gasteiger partial charge in [-0.25, -0.2) is 0 Å². The van der Waals surface area contributed by atoms with Crippen LogP contribution in [0.25, 0.3) is 0 Å². The van der Waals surface area contributed by atoms with Crippen molar-refractivity contribution >= 4 is 11.4 Å². The van der Waals surface area contributed by atoms with Gasteiger partial charge in [0.25, 0.3) is 0 Å². The summed E-state index contributed by atoms with van der Waals surface area (Å²) in [6, 6.07) is 1.61. The van der Waals surface area contributed by atoms with Crippen LogP contribution in [0.3, 0.4) is 0 Å². The molecule has 0 atom stereocenters. The molecule has 2 rings (SSSR count). The fourth-order valence-corrected chi connectivity index (χ4v) is 2.07. The Bertz CT molecular complexity index is 435. The molecule has 20 heavy (non-hydrogen) atoms. The molecule has 1 aliphatic heterocycles. The summed E-state index contributed by atoms with van der Waals surface area (Å²) in [7, 11) is 0. The molecule has 0 aliphatic carbocycles. The smallest absolute Gasteiger partial charge is 0.310 e. The SMILES string of the molecule is O=[N+]([O-])c1cnccc1NCCCOC1CCOCC1. The van der Waals surface area contributed by atoms with E-state index in [1.54, 1.807) is 6.07 Å². The molecular formula is C13H19N3O4. The Balaban J connectivity index is 1.67. The first-order valence-electron chi connectivity index (χ1n) is 6.79. The lowest BCUT2D eigenvalue weighted by Gasteiger charge is -2.22. The molecule has 0 saturated carbocycles. The molecule has 2 heterocycles. The second-order valence-corrected chi connectivity index (χ2v) is 4.61. The summed E-state index contributed by atoms with van der Waals surface area (Å²) >= 11 is 0. The summed E-state index contributed by atoms with van der Waals surface area (Å²) in [6.07, 6.45) is 5.77. The fourth-order valence-electron chi connectivity index (χ4n) is 2.07. The first-order valence-corrected chi connectivity index (χ1v) is 6.79. The summed E-state index contributed by atoms with van der Waals surface area (Å²) < 4.78 is 11.0. The van der Waals surface area contributed by atoms with Crippen molar-refractivity contribution in [2.24, 2.45) is 0 Å². The number of nitrogens with one attached hydrogen (secondary N) is 1. The van der Waals surface area contributed by atoms with Gasteiger partial charge < -0.3 is 14.8 Å². The Kier molecular flexibility index (Phi) is 5.69. The predicted octanol–water partition coefficient (Wildman–Crippen LogP) is 1.99. The fraction of sp³-hybridized carbons (Fsp3) is 0.615. The van der Waals surface area contributed by atoms with Crippen LogP contribution >= 0.6 is 0 Å². The number of rotatable bonds is 7. The van der Waals surface area contributed by atoms with Gasteiger partial charge in [-0.3, -0.25) is 15.1 Å². The highest BCUT2D eigenvalue weighted by Crippen LogP contribution is 2.21. The molecule has 0 amide bonds. The zero-order chi connectivity index (χ0) is 14.2. The van der Waals surface area contributed by atoms with E-state index in [1.807, 2.05) is 0 Å². The van der Waals surface area contributed by atoms with Gasteiger partial charge in [0.1, 0.15) is 11.9 Å². The molecule has 0 radical (unpaired) electrons. The van der Waals surface area contributed by atoms with Crippen molar-refractivity contribution in [2.45, 2.75) is 25.4 Å². The highest BCUT2D eigenvalue weighted by atomic mass is 16.6. The van der Waals surface area contributed by atoms with Gasteiger partial charge in [0.05, 0.1) is 11.0 Å². The maximum Gasteiger partial charge on any atom is 0.310 e. The number of ether oxygens (including phenoxy) is 2. The van der Waals surface area contributed by atoms with Crippen LogP contribution in [0.2, 0.25) is 0 Å². The average Bonchev–Trinajstić information content (AvgIpc) is 2.48. The molecule has 7 nitrogen and oxygen atoms in total. The van der Waals surface area contributed by atoms with Crippen LogP contribution in [0.15, 0.2) is 18.5 Å². The predicted molar refractivity (Wildman–Crippen MR) is 73.8 cm³/mol. The molecule has 1 aromatic rings. The molecule has 7 heteroatoms. The minimum absolute atomic E-state index is 0.00199. The molecule has 1 fully saturated rings. The van der Waals surface area contributed by atoms with Crippen molar-refractivity contribution in [3.8, 4) is 0 Å². The van der Waals surface area contributed by atoms with Crippen molar-refractivity contribution < 1.29 is 14.4 Å². The molecule has 0 aromatic carbocycles. The van der Waals surface area contributed by atoms with Crippen molar-refractivity contribution in [1.29, 1.82) is 0 Å². The van der Waals surface area contributed by atoms with Crippen LogP contribution in [-0.4, -0.2) is 42.4 Å². The van der Waals surface area contributed by atoms with Gasteiger partial charge in [0.2, 0.25) is 0 Å². The van der Waals surface area contributed by atoms with Gasteiger partial charge in [-0.15, -0.1) is 0 Å². The Morgan fingerprint density at radius 3 is 3.05 bits per heavy atom. The van der Waals surface area contributed by atoms with E-state index in [0.29, 0.717) is 24.9 Å². The first-order chi connectivity index (χ1) is 9.77. The third-order valence-electron chi connectivity index (χ3n) is 3.16. The quantitative estimate of drug-likeness (QED) is 0.467. The van der Waals surface area contributed by atoms with Crippen molar-refractivity contribution in [3.05, 3.63) is 28.6 Å². The summed E-state index contributed by atoms with van der Waals surface area (Å²) in [4.78, 5) is 14.1. The monoisotopic (exact) mass is 281 g/mol. The lowest BCUT2D eigenvalue weighted by molar-refractivity contribution is -0.384. The molecule has 1 aliphatic rings. The van der Waals surface area contributed by atoms with Crippen molar-refractivity contribution in [1.82, 2.24) is 4.98 Å². The van der Waals surface area contributed by atoms with Crippen LogP contribution in [-0.2, 0) is 9.47 Å². The lowest BCUT2D eigenvalue weighted by Crippen LogP contribution is -2.24. The maximum absolute atomic E-state index is 10.8. The van der Waals surface area contributed by atoms with Crippen molar-refractivity contribution in [2.75, 3.05) is 31.7 Å². The molecular weight excluding hydrogens is 262 g/mol. The van der Waals surface area contributed by atoms with Gasteiger partial charge in [0.15, 0.2) is 0 Å². The number of pyridine rings is 1. The summed E-state index contributed by atoms with van der Waals surface area (Å²) in [5.74, 6) is 0. The van der Waals surface area contributed by atoms with Crippen LogP contribution in [0.5, 0.6) is 0 Å².